The Kier molecular flexibility index (Phi) is 6.10. The summed E-state index contributed by atoms with van der Waals surface area (Å²) in [6.07, 6.45) is 5.74. The number of ether oxygens (including phenoxy) is 1. The number of carbonyl (C=O) groups is 1. The van der Waals surface area contributed by atoms with Gasteiger partial charge in [0, 0.05) is 49.0 Å². The highest BCUT2D eigenvalue weighted by Gasteiger charge is 2.33. The molecule has 0 unspecified atom stereocenters. The summed E-state index contributed by atoms with van der Waals surface area (Å²) in [6, 6.07) is 8.59. The van der Waals surface area contributed by atoms with Crippen molar-refractivity contribution >= 4 is 22.5 Å². The normalized spacial score (nSPS) is 20.6. The number of aliphatic hydroxyl groups excluding tert-OH is 1. The minimum atomic E-state index is -0.319. The van der Waals surface area contributed by atoms with Gasteiger partial charge >= 0.3 is 0 Å². The van der Waals surface area contributed by atoms with Crippen LogP contribution in [0.4, 0.5) is 4.39 Å². The van der Waals surface area contributed by atoms with Crippen LogP contribution >= 0.6 is 0 Å². The highest BCUT2D eigenvalue weighted by Crippen LogP contribution is 2.36. The molecule has 7 nitrogen and oxygen atoms in total. The number of fused-ring (bicyclic) bond motifs is 1. The molecule has 8 heteroatoms. The van der Waals surface area contributed by atoms with E-state index in [2.05, 4.69) is 27.0 Å². The molecule has 3 heterocycles. The van der Waals surface area contributed by atoms with Gasteiger partial charge in [-0.05, 0) is 60.7 Å². The zero-order valence-electron chi connectivity index (χ0n) is 19.4. The molecular formula is C26H29FN4O3. The Morgan fingerprint density at radius 2 is 2.12 bits per heavy atom. The molecule has 0 spiro atoms. The number of benzene rings is 1. The molecule has 34 heavy (non-hydrogen) atoms. The second-order valence-corrected chi connectivity index (χ2v) is 9.15. The van der Waals surface area contributed by atoms with E-state index in [1.165, 1.54) is 17.7 Å². The lowest BCUT2D eigenvalue weighted by Crippen LogP contribution is -2.50. The molecule has 0 bridgehead atoms. The molecule has 1 saturated carbocycles. The van der Waals surface area contributed by atoms with Crippen LogP contribution < -0.4 is 4.74 Å². The topological polar surface area (TPSA) is 81.7 Å². The summed E-state index contributed by atoms with van der Waals surface area (Å²) in [6.45, 7) is 1.85. The molecule has 1 fully saturated rings. The molecule has 5 rings (SSSR count). The number of methoxy groups -OCH3 is 1. The van der Waals surface area contributed by atoms with E-state index < -0.39 is 0 Å². The van der Waals surface area contributed by atoms with Crippen LogP contribution in [0.3, 0.4) is 0 Å². The smallest absolute Gasteiger partial charge is 0.236 e. The molecule has 1 aromatic carbocycles. The maximum atomic E-state index is 14.0. The van der Waals surface area contributed by atoms with Crippen LogP contribution in [0.25, 0.3) is 27.7 Å². The summed E-state index contributed by atoms with van der Waals surface area (Å²) < 4.78 is 19.5. The van der Waals surface area contributed by atoms with Crippen molar-refractivity contribution < 1.29 is 19.0 Å². The Morgan fingerprint density at radius 1 is 1.29 bits per heavy atom. The van der Waals surface area contributed by atoms with Gasteiger partial charge in [-0.25, -0.2) is 9.37 Å². The van der Waals surface area contributed by atoms with Crippen molar-refractivity contribution in [1.29, 1.82) is 0 Å². The van der Waals surface area contributed by atoms with Gasteiger partial charge < -0.3 is 19.7 Å². The largest absolute Gasteiger partial charge is 0.496 e. The standard InChI is InChI=1S/C26H29FN4O3/c1-30(18-12-19(32)13-18)25(33)15-31-9-6-16(7-10-31)23-14-22-20(5-8-28-26(22)29-23)21-11-17(27)3-4-24(21)34-2/h3-6,8,11,14,18-19,32H,7,9-10,12-13,15H2,1-2H3,(H,28,29). The van der Waals surface area contributed by atoms with E-state index in [-0.39, 0.29) is 23.9 Å². The monoisotopic (exact) mass is 464 g/mol. The summed E-state index contributed by atoms with van der Waals surface area (Å²) in [5, 5.41) is 10.4. The predicted octanol–water partition coefficient (Wildman–Crippen LogP) is 3.45. The summed E-state index contributed by atoms with van der Waals surface area (Å²) in [4.78, 5) is 24.4. The molecule has 2 aromatic heterocycles. The van der Waals surface area contributed by atoms with Crippen molar-refractivity contribution in [3.63, 3.8) is 0 Å². The third-order valence-electron chi connectivity index (χ3n) is 7.01. The second kappa shape index (κ2) is 9.19. The quantitative estimate of drug-likeness (QED) is 0.584. The zero-order valence-corrected chi connectivity index (χ0v) is 19.4. The number of hydrogen-bond acceptors (Lipinski definition) is 5. The summed E-state index contributed by atoms with van der Waals surface area (Å²) >= 11 is 0. The van der Waals surface area contributed by atoms with Gasteiger partial charge in [0.05, 0.1) is 19.8 Å². The maximum absolute atomic E-state index is 14.0. The molecule has 2 aliphatic rings. The van der Waals surface area contributed by atoms with E-state index in [1.807, 2.05) is 13.1 Å². The number of pyridine rings is 1. The van der Waals surface area contributed by atoms with E-state index >= 15 is 0 Å². The van der Waals surface area contributed by atoms with Crippen molar-refractivity contribution in [3.05, 3.63) is 54.1 Å². The van der Waals surface area contributed by atoms with E-state index in [9.17, 15) is 14.3 Å². The third kappa shape index (κ3) is 4.31. The number of hydrogen-bond donors (Lipinski definition) is 2. The van der Waals surface area contributed by atoms with Crippen LogP contribution in [-0.2, 0) is 4.79 Å². The maximum Gasteiger partial charge on any atom is 0.236 e. The lowest BCUT2D eigenvalue weighted by molar-refractivity contribution is -0.136. The predicted molar refractivity (Wildman–Crippen MR) is 129 cm³/mol. The van der Waals surface area contributed by atoms with Crippen molar-refractivity contribution in [2.24, 2.45) is 0 Å². The Balaban J connectivity index is 1.33. The lowest BCUT2D eigenvalue weighted by atomic mass is 9.88. The SMILES string of the molecule is COc1ccc(F)cc1-c1ccnc2[nH]c(C3=CCN(CC(=O)N(C)C4CC(O)C4)CC3)cc12. The number of halogens is 1. The van der Waals surface area contributed by atoms with Crippen LogP contribution in [0.2, 0.25) is 0 Å². The zero-order chi connectivity index (χ0) is 23.8. The summed E-state index contributed by atoms with van der Waals surface area (Å²) in [5.41, 5.74) is 4.44. The summed E-state index contributed by atoms with van der Waals surface area (Å²) in [5.74, 6) is 0.382. The minimum Gasteiger partial charge on any atom is -0.496 e. The molecule has 1 aliphatic heterocycles. The lowest BCUT2D eigenvalue weighted by Gasteiger charge is -2.39. The van der Waals surface area contributed by atoms with Gasteiger partial charge in [0.1, 0.15) is 17.2 Å². The molecule has 178 valence electrons. The molecule has 0 atom stereocenters. The van der Waals surface area contributed by atoms with Crippen molar-refractivity contribution in [1.82, 2.24) is 19.8 Å². The first-order valence-corrected chi connectivity index (χ1v) is 11.6. The average Bonchev–Trinajstić information content (AvgIpc) is 3.26. The first-order valence-electron chi connectivity index (χ1n) is 11.6. The number of nitrogens with one attached hydrogen (secondary N) is 1. The van der Waals surface area contributed by atoms with Crippen LogP contribution in [-0.4, -0.2) is 76.7 Å². The number of aliphatic hydroxyl groups is 1. The first-order chi connectivity index (χ1) is 16.4. The highest BCUT2D eigenvalue weighted by atomic mass is 19.1. The van der Waals surface area contributed by atoms with Gasteiger partial charge in [0.25, 0.3) is 0 Å². The Labute approximate surface area is 197 Å². The van der Waals surface area contributed by atoms with Gasteiger partial charge in [-0.1, -0.05) is 6.08 Å². The van der Waals surface area contributed by atoms with Crippen LogP contribution in [0, 0.1) is 5.82 Å². The highest BCUT2D eigenvalue weighted by molar-refractivity contribution is 5.96. The first kappa shape index (κ1) is 22.6. The number of H-pyrrole nitrogens is 1. The fourth-order valence-corrected chi connectivity index (χ4v) is 4.81. The fourth-order valence-electron chi connectivity index (χ4n) is 4.81. The Bertz CT molecular complexity index is 1250. The Morgan fingerprint density at radius 3 is 2.82 bits per heavy atom. The third-order valence-corrected chi connectivity index (χ3v) is 7.01. The molecule has 3 aromatic rings. The number of likely N-dealkylation sites (N-methyl/N-ethyl adjacent to an activating group) is 1. The number of nitrogens with zero attached hydrogens (tertiary/aromatic N) is 3. The molecule has 1 amide bonds. The van der Waals surface area contributed by atoms with E-state index in [0.717, 1.165) is 35.3 Å². The van der Waals surface area contributed by atoms with Crippen molar-refractivity contribution in [2.75, 3.05) is 33.8 Å². The van der Waals surface area contributed by atoms with Gasteiger partial charge in [-0.15, -0.1) is 0 Å². The number of amides is 1. The fraction of sp³-hybridized carbons (Fsp3) is 0.385. The minimum absolute atomic E-state index is 0.0947. The van der Waals surface area contributed by atoms with Crippen LogP contribution in [0.5, 0.6) is 5.75 Å². The van der Waals surface area contributed by atoms with Gasteiger partial charge in [-0.2, -0.15) is 0 Å². The second-order valence-electron chi connectivity index (χ2n) is 9.15. The number of rotatable bonds is 6. The van der Waals surface area contributed by atoms with Gasteiger partial charge in [-0.3, -0.25) is 9.69 Å². The van der Waals surface area contributed by atoms with Crippen LogP contribution in [0.15, 0.2) is 42.6 Å². The Hall–Kier alpha value is -3.23. The van der Waals surface area contributed by atoms with Gasteiger partial charge in [0.15, 0.2) is 0 Å². The molecule has 1 aliphatic carbocycles. The average molecular weight is 465 g/mol. The van der Waals surface area contributed by atoms with E-state index in [4.69, 9.17) is 4.74 Å². The number of aromatic nitrogens is 2. The van der Waals surface area contributed by atoms with E-state index in [1.54, 1.807) is 24.3 Å². The van der Waals surface area contributed by atoms with Gasteiger partial charge in [0.2, 0.25) is 5.91 Å². The molecular weight excluding hydrogens is 435 g/mol. The molecule has 0 radical (unpaired) electrons. The summed E-state index contributed by atoms with van der Waals surface area (Å²) in [7, 11) is 3.40. The number of aromatic amines is 1. The number of carbonyl (C=O) groups excluding carboxylic acids is 1. The van der Waals surface area contributed by atoms with Crippen LogP contribution in [0.1, 0.15) is 25.0 Å². The van der Waals surface area contributed by atoms with Crippen molar-refractivity contribution in [2.45, 2.75) is 31.4 Å². The van der Waals surface area contributed by atoms with Crippen molar-refractivity contribution in [3.8, 4) is 16.9 Å². The molecule has 2 N–H and O–H groups in total. The molecule has 0 saturated heterocycles. The van der Waals surface area contributed by atoms with E-state index in [0.29, 0.717) is 37.2 Å².